The van der Waals surface area contributed by atoms with Crippen molar-refractivity contribution >= 4 is 44.6 Å². The molecule has 0 saturated carbocycles. The molecule has 31 heavy (non-hydrogen) atoms. The third-order valence-electron chi connectivity index (χ3n) is 5.35. The van der Waals surface area contributed by atoms with Crippen LogP contribution in [0.2, 0.25) is 0 Å². The Morgan fingerprint density at radius 2 is 1.90 bits per heavy atom. The Labute approximate surface area is 193 Å². The third-order valence-corrected chi connectivity index (χ3v) is 6.59. The smallest absolute Gasteiger partial charge is 0.290 e. The lowest BCUT2D eigenvalue weighted by molar-refractivity contribution is 0.0593. The molecule has 0 radical (unpaired) electrons. The molecule has 5 nitrogen and oxygen atoms in total. The Kier molecular flexibility index (Phi) is 6.55. The molecule has 1 aliphatic heterocycles. The van der Waals surface area contributed by atoms with Gasteiger partial charge in [0.15, 0.2) is 5.43 Å². The minimum Gasteiger partial charge on any atom is -0.450 e. The summed E-state index contributed by atoms with van der Waals surface area (Å²) in [6, 6.07) is 12.8. The molecule has 1 aliphatic rings. The van der Waals surface area contributed by atoms with Crippen LogP contribution in [0.3, 0.4) is 0 Å². The number of carbonyl (C=O) groups excluding carboxylic acids is 1. The standard InChI is InChI=1S/C24H24BrNO4S/c1-14(2)29-12-4-11-26-21(15-5-8-17(31-3)9-6-15)20-22(27)18-13-16(25)7-10-19(18)30-23(20)24(26)28/h5-10,13-14,21H,4,11-12H2,1-3H3/t21-/m1/s1. The maximum atomic E-state index is 13.5. The molecule has 0 aliphatic carbocycles. The molecular weight excluding hydrogens is 478 g/mol. The summed E-state index contributed by atoms with van der Waals surface area (Å²) in [6.45, 7) is 4.99. The topological polar surface area (TPSA) is 59.8 Å². The van der Waals surface area contributed by atoms with Crippen molar-refractivity contribution < 1.29 is 13.9 Å². The third kappa shape index (κ3) is 4.31. The lowest BCUT2D eigenvalue weighted by Gasteiger charge is -2.25. The van der Waals surface area contributed by atoms with Gasteiger partial charge < -0.3 is 14.1 Å². The van der Waals surface area contributed by atoms with Crippen LogP contribution >= 0.6 is 27.7 Å². The molecule has 1 atom stereocenters. The number of hydrogen-bond donors (Lipinski definition) is 0. The van der Waals surface area contributed by atoms with Gasteiger partial charge >= 0.3 is 0 Å². The lowest BCUT2D eigenvalue weighted by Crippen LogP contribution is -2.31. The Bertz CT molecular complexity index is 1170. The maximum Gasteiger partial charge on any atom is 0.290 e. The number of thioether (sulfide) groups is 1. The fourth-order valence-corrected chi connectivity index (χ4v) is 4.68. The average molecular weight is 502 g/mol. The SMILES string of the molecule is CSc1ccc([C@@H]2c3c(oc4ccc(Br)cc4c3=O)C(=O)N2CCCOC(C)C)cc1. The van der Waals surface area contributed by atoms with Crippen LogP contribution in [0.5, 0.6) is 0 Å². The highest BCUT2D eigenvalue weighted by molar-refractivity contribution is 9.10. The van der Waals surface area contributed by atoms with Crippen LogP contribution < -0.4 is 5.43 Å². The second-order valence-electron chi connectivity index (χ2n) is 7.76. The van der Waals surface area contributed by atoms with Gasteiger partial charge in [-0.15, -0.1) is 11.8 Å². The van der Waals surface area contributed by atoms with E-state index in [1.807, 2.05) is 44.4 Å². The summed E-state index contributed by atoms with van der Waals surface area (Å²) in [5.41, 5.74) is 1.57. The summed E-state index contributed by atoms with van der Waals surface area (Å²) in [5, 5.41) is 0.469. The number of benzene rings is 2. The first-order valence-electron chi connectivity index (χ1n) is 10.2. The van der Waals surface area contributed by atoms with E-state index in [1.54, 1.807) is 34.9 Å². The molecule has 7 heteroatoms. The zero-order valence-electron chi connectivity index (χ0n) is 17.7. The molecule has 1 aromatic heterocycles. The largest absolute Gasteiger partial charge is 0.450 e. The van der Waals surface area contributed by atoms with Crippen LogP contribution in [0.25, 0.3) is 11.0 Å². The molecule has 4 rings (SSSR count). The number of nitrogens with zero attached hydrogens (tertiary/aromatic N) is 1. The van der Waals surface area contributed by atoms with Gasteiger partial charge in [0.05, 0.1) is 23.1 Å². The normalized spacial score (nSPS) is 15.8. The van der Waals surface area contributed by atoms with E-state index >= 15 is 0 Å². The molecule has 1 amide bonds. The molecule has 0 N–H and O–H groups in total. The predicted octanol–water partition coefficient (Wildman–Crippen LogP) is 5.64. The van der Waals surface area contributed by atoms with Gasteiger partial charge in [-0.05, 0) is 62.4 Å². The summed E-state index contributed by atoms with van der Waals surface area (Å²) in [6.07, 6.45) is 2.83. The first-order chi connectivity index (χ1) is 14.9. The minimum atomic E-state index is -0.475. The number of hydrogen-bond acceptors (Lipinski definition) is 5. The molecule has 162 valence electrons. The van der Waals surface area contributed by atoms with E-state index in [4.69, 9.17) is 9.15 Å². The maximum absolute atomic E-state index is 13.5. The van der Waals surface area contributed by atoms with Crippen molar-refractivity contribution in [3.63, 3.8) is 0 Å². The van der Waals surface area contributed by atoms with Crippen LogP contribution in [-0.4, -0.2) is 36.3 Å². The van der Waals surface area contributed by atoms with E-state index < -0.39 is 6.04 Å². The molecule has 0 unspecified atom stereocenters. The Balaban J connectivity index is 1.81. The second kappa shape index (κ2) is 9.18. The van der Waals surface area contributed by atoms with Crippen molar-refractivity contribution in [1.82, 2.24) is 4.90 Å². The van der Waals surface area contributed by atoms with Gasteiger partial charge in [0.2, 0.25) is 5.76 Å². The molecule has 0 bridgehead atoms. The van der Waals surface area contributed by atoms with Crippen LogP contribution in [-0.2, 0) is 4.74 Å². The van der Waals surface area contributed by atoms with E-state index in [1.165, 1.54) is 0 Å². The number of fused-ring (bicyclic) bond motifs is 2. The first-order valence-corrected chi connectivity index (χ1v) is 12.2. The summed E-state index contributed by atoms with van der Waals surface area (Å²) in [4.78, 5) is 29.7. The predicted molar refractivity (Wildman–Crippen MR) is 127 cm³/mol. The van der Waals surface area contributed by atoms with E-state index in [2.05, 4.69) is 15.9 Å². The number of rotatable bonds is 7. The monoisotopic (exact) mass is 501 g/mol. The molecule has 2 aromatic carbocycles. The molecule has 0 fully saturated rings. The number of ether oxygens (including phenoxy) is 1. The molecule has 0 spiro atoms. The van der Waals surface area contributed by atoms with Crippen LogP contribution in [0, 0.1) is 0 Å². The quantitative estimate of drug-likeness (QED) is 0.309. The van der Waals surface area contributed by atoms with Gasteiger partial charge in [0, 0.05) is 22.5 Å². The highest BCUT2D eigenvalue weighted by atomic mass is 79.9. The summed E-state index contributed by atoms with van der Waals surface area (Å²) in [5.74, 6) is -0.107. The minimum absolute atomic E-state index is 0.133. The zero-order chi connectivity index (χ0) is 22.1. The van der Waals surface area contributed by atoms with E-state index in [-0.39, 0.29) is 23.2 Å². The Morgan fingerprint density at radius 1 is 1.16 bits per heavy atom. The molecular formula is C24H24BrNO4S. The average Bonchev–Trinajstić information content (AvgIpc) is 3.04. The summed E-state index contributed by atoms with van der Waals surface area (Å²) < 4.78 is 12.4. The van der Waals surface area contributed by atoms with Crippen LogP contribution in [0.15, 0.2) is 61.0 Å². The number of halogens is 1. The van der Waals surface area contributed by atoms with E-state index in [0.717, 1.165) is 14.9 Å². The summed E-state index contributed by atoms with van der Waals surface area (Å²) >= 11 is 5.08. The van der Waals surface area contributed by atoms with Crippen molar-refractivity contribution in [3.8, 4) is 0 Å². The van der Waals surface area contributed by atoms with Gasteiger partial charge in [0.25, 0.3) is 5.91 Å². The highest BCUT2D eigenvalue weighted by Gasteiger charge is 2.42. The number of amides is 1. The van der Waals surface area contributed by atoms with Gasteiger partial charge in [-0.2, -0.15) is 0 Å². The van der Waals surface area contributed by atoms with E-state index in [0.29, 0.717) is 36.1 Å². The van der Waals surface area contributed by atoms with Crippen molar-refractivity contribution in [1.29, 1.82) is 0 Å². The Hall–Kier alpha value is -2.09. The Morgan fingerprint density at radius 3 is 2.58 bits per heavy atom. The number of carbonyl (C=O) groups is 1. The van der Waals surface area contributed by atoms with E-state index in [9.17, 15) is 9.59 Å². The van der Waals surface area contributed by atoms with Gasteiger partial charge in [-0.25, -0.2) is 0 Å². The van der Waals surface area contributed by atoms with Gasteiger partial charge in [-0.3, -0.25) is 9.59 Å². The highest BCUT2D eigenvalue weighted by Crippen LogP contribution is 2.38. The summed E-state index contributed by atoms with van der Waals surface area (Å²) in [7, 11) is 0. The van der Waals surface area contributed by atoms with Crippen molar-refractivity contribution in [2.24, 2.45) is 0 Å². The second-order valence-corrected chi connectivity index (χ2v) is 9.56. The van der Waals surface area contributed by atoms with Crippen molar-refractivity contribution in [2.75, 3.05) is 19.4 Å². The van der Waals surface area contributed by atoms with Gasteiger partial charge in [-0.1, -0.05) is 28.1 Å². The fraction of sp³-hybridized carbons (Fsp3) is 0.333. The molecule has 2 heterocycles. The van der Waals surface area contributed by atoms with Gasteiger partial charge in [0.1, 0.15) is 5.58 Å². The van der Waals surface area contributed by atoms with Crippen LogP contribution in [0.1, 0.15) is 48.0 Å². The first kappa shape index (κ1) is 22.1. The molecule has 3 aromatic rings. The fourth-order valence-electron chi connectivity index (χ4n) is 3.91. The van der Waals surface area contributed by atoms with Crippen LogP contribution in [0.4, 0.5) is 0 Å². The zero-order valence-corrected chi connectivity index (χ0v) is 20.1. The lowest BCUT2D eigenvalue weighted by atomic mass is 9.98. The molecule has 0 saturated heterocycles. The van der Waals surface area contributed by atoms with Crippen molar-refractivity contribution in [2.45, 2.75) is 37.3 Å². The van der Waals surface area contributed by atoms with Crippen molar-refractivity contribution in [3.05, 3.63) is 74.0 Å².